The van der Waals surface area contributed by atoms with Gasteiger partial charge in [-0.2, -0.15) is 0 Å². The molecule has 0 spiro atoms. The summed E-state index contributed by atoms with van der Waals surface area (Å²) in [5.74, 6) is -0.460. The van der Waals surface area contributed by atoms with E-state index in [1.807, 2.05) is 6.29 Å². The van der Waals surface area contributed by atoms with E-state index in [1.54, 1.807) is 0 Å². The van der Waals surface area contributed by atoms with Crippen LogP contribution in [0.25, 0.3) is 0 Å². The van der Waals surface area contributed by atoms with E-state index in [0.29, 0.717) is 12.8 Å². The van der Waals surface area contributed by atoms with Gasteiger partial charge in [0, 0.05) is 6.42 Å². The van der Waals surface area contributed by atoms with Gasteiger partial charge in [-0.05, 0) is 51.4 Å². The Labute approximate surface area is 250 Å². The molecule has 1 atom stereocenters. The van der Waals surface area contributed by atoms with Gasteiger partial charge in [-0.25, -0.2) is 0 Å². The Morgan fingerprint density at radius 2 is 0.875 bits per heavy atom. The van der Waals surface area contributed by atoms with Gasteiger partial charge in [0.25, 0.3) is 0 Å². The van der Waals surface area contributed by atoms with E-state index in [-0.39, 0.29) is 5.78 Å². The summed E-state index contributed by atoms with van der Waals surface area (Å²) < 4.78 is 0. The summed E-state index contributed by atoms with van der Waals surface area (Å²) in [6, 6.07) is 0. The third kappa shape index (κ3) is 29.3. The fourth-order valence-electron chi connectivity index (χ4n) is 4.95. The minimum Gasteiger partial charge on any atom is -0.299 e. The molecule has 229 valence electrons. The van der Waals surface area contributed by atoms with Crippen LogP contribution in [0.4, 0.5) is 0 Å². The first kappa shape index (κ1) is 38.3. The summed E-state index contributed by atoms with van der Waals surface area (Å²) >= 11 is 0. The monoisotopic (exact) mass is 553 g/mol. The van der Waals surface area contributed by atoms with Gasteiger partial charge in [0.1, 0.15) is 5.78 Å². The minimum atomic E-state index is -0.544. The van der Waals surface area contributed by atoms with Crippen molar-refractivity contribution in [2.24, 2.45) is 5.92 Å². The molecule has 1 radical (unpaired) electrons. The van der Waals surface area contributed by atoms with Crippen molar-refractivity contribution < 1.29 is 9.59 Å². The van der Waals surface area contributed by atoms with E-state index in [4.69, 9.17) is 0 Å². The molecule has 0 aromatic heterocycles. The molecule has 0 heterocycles. The first-order valence-corrected chi connectivity index (χ1v) is 17.3. The fraction of sp³-hybridized carbons (Fsp3) is 0.737. The second-order valence-corrected chi connectivity index (χ2v) is 11.5. The average Bonchev–Trinajstić information content (AvgIpc) is 2.96. The molecule has 1 unspecified atom stereocenters. The highest BCUT2D eigenvalue weighted by atomic mass is 16.1. The normalized spacial score (nSPS) is 12.9. The molecule has 0 aliphatic carbocycles. The molecule has 0 saturated heterocycles. The Morgan fingerprint density at radius 1 is 0.500 bits per heavy atom. The van der Waals surface area contributed by atoms with Crippen molar-refractivity contribution in [3.63, 3.8) is 0 Å². The molecule has 2 nitrogen and oxygen atoms in total. The summed E-state index contributed by atoms with van der Waals surface area (Å²) in [6.45, 7) is 4.52. The predicted molar refractivity (Wildman–Crippen MR) is 178 cm³/mol. The van der Waals surface area contributed by atoms with Gasteiger partial charge >= 0.3 is 0 Å². The van der Waals surface area contributed by atoms with Crippen LogP contribution in [0.1, 0.15) is 174 Å². The Balaban J connectivity index is 3.62. The van der Waals surface area contributed by atoms with Gasteiger partial charge in [-0.3, -0.25) is 9.59 Å². The molecule has 2 heteroatoms. The molecule has 0 saturated carbocycles. The summed E-state index contributed by atoms with van der Waals surface area (Å²) in [4.78, 5) is 23.7. The van der Waals surface area contributed by atoms with Gasteiger partial charge in [-0.15, -0.1) is 0 Å². The molecule has 40 heavy (non-hydrogen) atoms. The lowest BCUT2D eigenvalue weighted by Crippen LogP contribution is -2.15. The number of hydrogen-bond acceptors (Lipinski definition) is 2. The summed E-state index contributed by atoms with van der Waals surface area (Å²) in [5, 5.41) is 0. The Kier molecular flexibility index (Phi) is 32.1. The molecule has 0 aliphatic rings. The number of ketones is 1. The maximum absolute atomic E-state index is 12.4. The largest absolute Gasteiger partial charge is 0.299 e. The fourth-order valence-corrected chi connectivity index (χ4v) is 4.95. The van der Waals surface area contributed by atoms with Crippen molar-refractivity contribution >= 4 is 12.1 Å². The van der Waals surface area contributed by atoms with Crippen LogP contribution in [0.5, 0.6) is 0 Å². The number of rotatable bonds is 31. The van der Waals surface area contributed by atoms with Crippen LogP contribution >= 0.6 is 0 Å². The van der Waals surface area contributed by atoms with Crippen LogP contribution in [-0.2, 0) is 9.59 Å². The molecule has 0 rings (SSSR count). The predicted octanol–water partition coefficient (Wildman–Crippen LogP) is 12.3. The standard InChI is InChI=1S/C38H65O2/c1-3-5-7-9-11-13-15-17-19-21-22-24-26-28-30-32-34-37(36-39)38(40)35-33-31-29-27-25-23-20-18-16-14-12-10-8-6-4-2/h11,13,17,19,22,24,28,30,37H,3-10,12,14-16,18,20-21,23,25-27,29,31-35H2,1-2H3/b13-11-,19-17-,24-22-,30-28-. The maximum atomic E-state index is 12.4. The zero-order valence-corrected chi connectivity index (χ0v) is 26.7. The lowest BCUT2D eigenvalue weighted by Gasteiger charge is -2.07. The number of unbranched alkanes of at least 4 members (excludes halogenated alkanes) is 17. The highest BCUT2D eigenvalue weighted by Crippen LogP contribution is 2.15. The maximum Gasteiger partial charge on any atom is 0.209 e. The average molecular weight is 554 g/mol. The molecular weight excluding hydrogens is 488 g/mol. The molecule has 0 fully saturated rings. The molecular formula is C38H65O2. The Morgan fingerprint density at radius 3 is 1.32 bits per heavy atom. The summed E-state index contributed by atoms with van der Waals surface area (Å²) in [7, 11) is 0. The molecule has 0 aromatic carbocycles. The second-order valence-electron chi connectivity index (χ2n) is 11.5. The number of hydrogen-bond donors (Lipinski definition) is 0. The summed E-state index contributed by atoms with van der Waals surface area (Å²) in [5.41, 5.74) is 0. The zero-order chi connectivity index (χ0) is 29.2. The number of carbonyl (C=O) groups excluding carboxylic acids is 2. The van der Waals surface area contributed by atoms with E-state index in [0.717, 1.165) is 38.5 Å². The molecule has 0 amide bonds. The van der Waals surface area contributed by atoms with Gasteiger partial charge in [-0.1, -0.05) is 165 Å². The van der Waals surface area contributed by atoms with Crippen molar-refractivity contribution in [2.75, 3.05) is 0 Å². The van der Waals surface area contributed by atoms with Crippen molar-refractivity contribution in [3.05, 3.63) is 48.6 Å². The van der Waals surface area contributed by atoms with Crippen LogP contribution in [0.2, 0.25) is 0 Å². The van der Waals surface area contributed by atoms with E-state index >= 15 is 0 Å². The van der Waals surface area contributed by atoms with Crippen LogP contribution in [0, 0.1) is 5.92 Å². The van der Waals surface area contributed by atoms with Crippen LogP contribution in [0.3, 0.4) is 0 Å². The smallest absolute Gasteiger partial charge is 0.209 e. The third-order valence-electron chi connectivity index (χ3n) is 7.64. The highest BCUT2D eigenvalue weighted by molar-refractivity contribution is 5.93. The van der Waals surface area contributed by atoms with E-state index in [2.05, 4.69) is 62.5 Å². The molecule has 0 aliphatic heterocycles. The molecule has 0 N–H and O–H groups in total. The van der Waals surface area contributed by atoms with Crippen molar-refractivity contribution in [1.82, 2.24) is 0 Å². The van der Waals surface area contributed by atoms with Gasteiger partial charge < -0.3 is 0 Å². The van der Waals surface area contributed by atoms with Gasteiger partial charge in [0.05, 0.1) is 5.92 Å². The first-order chi connectivity index (χ1) is 19.8. The first-order valence-electron chi connectivity index (χ1n) is 17.3. The topological polar surface area (TPSA) is 34.1 Å². The quantitative estimate of drug-likeness (QED) is 0.0486. The van der Waals surface area contributed by atoms with Gasteiger partial charge in [0.2, 0.25) is 6.29 Å². The number of Topliss-reactive ketones (excluding diaryl/α,β-unsaturated/α-hetero) is 1. The SMILES string of the molecule is CCCCC/C=C\C/C=C\C/C=C\C/C=C\CCC([C]=O)C(=O)CCCCCCCCCCCCCCCCC. The van der Waals surface area contributed by atoms with E-state index in [1.165, 1.54) is 109 Å². The van der Waals surface area contributed by atoms with Crippen LogP contribution in [-0.4, -0.2) is 12.1 Å². The number of allylic oxidation sites excluding steroid dienone is 8. The van der Waals surface area contributed by atoms with Crippen molar-refractivity contribution in [2.45, 2.75) is 174 Å². The van der Waals surface area contributed by atoms with Gasteiger partial charge in [0.15, 0.2) is 0 Å². The lowest BCUT2D eigenvalue weighted by atomic mass is 9.95. The zero-order valence-electron chi connectivity index (χ0n) is 26.7. The molecule has 0 bridgehead atoms. The number of carbonyl (C=O) groups is 1. The van der Waals surface area contributed by atoms with Crippen molar-refractivity contribution in [1.29, 1.82) is 0 Å². The third-order valence-corrected chi connectivity index (χ3v) is 7.64. The minimum absolute atomic E-state index is 0.0839. The lowest BCUT2D eigenvalue weighted by molar-refractivity contribution is -0.121. The van der Waals surface area contributed by atoms with E-state index < -0.39 is 5.92 Å². The van der Waals surface area contributed by atoms with Crippen molar-refractivity contribution in [3.8, 4) is 0 Å². The highest BCUT2D eigenvalue weighted by Gasteiger charge is 2.16. The Bertz CT molecular complexity index is 654. The Hall–Kier alpha value is -1.70. The van der Waals surface area contributed by atoms with Crippen LogP contribution in [0.15, 0.2) is 48.6 Å². The molecule has 0 aromatic rings. The van der Waals surface area contributed by atoms with Crippen LogP contribution < -0.4 is 0 Å². The second kappa shape index (κ2) is 33.5. The summed E-state index contributed by atoms with van der Waals surface area (Å²) in [6.07, 6.45) is 49.2. The van der Waals surface area contributed by atoms with E-state index in [9.17, 15) is 9.59 Å².